The minimum Gasteiger partial charge on any atom is -0.497 e. The molecule has 0 heterocycles. The number of nitriles is 1. The Morgan fingerprint density at radius 1 is 1.17 bits per heavy atom. The molecule has 6 nitrogen and oxygen atoms in total. The third-order valence-corrected chi connectivity index (χ3v) is 4.00. The quantitative estimate of drug-likeness (QED) is 0.511. The molecule has 0 aromatic heterocycles. The fourth-order valence-corrected chi connectivity index (χ4v) is 2.46. The van der Waals surface area contributed by atoms with Gasteiger partial charge in [-0.1, -0.05) is 11.6 Å². The summed E-state index contributed by atoms with van der Waals surface area (Å²) in [6.45, 7) is 0. The van der Waals surface area contributed by atoms with Gasteiger partial charge < -0.3 is 20.1 Å². The molecular weight excluding hydrogens is 411 g/mol. The first kappa shape index (κ1) is 21.9. The highest BCUT2D eigenvalue weighted by Crippen LogP contribution is 2.36. The van der Waals surface area contributed by atoms with E-state index in [0.717, 1.165) is 18.3 Å². The van der Waals surface area contributed by atoms with Crippen molar-refractivity contribution in [3.8, 4) is 17.6 Å². The highest BCUT2D eigenvalue weighted by Gasteiger charge is 2.33. The molecule has 0 bridgehead atoms. The van der Waals surface area contributed by atoms with Gasteiger partial charge in [-0.05, 0) is 30.3 Å². The van der Waals surface area contributed by atoms with E-state index in [2.05, 4.69) is 10.6 Å². The van der Waals surface area contributed by atoms with Crippen molar-refractivity contribution < 1.29 is 27.4 Å². The molecule has 2 rings (SSSR count). The topological polar surface area (TPSA) is 83.4 Å². The summed E-state index contributed by atoms with van der Waals surface area (Å²) in [7, 11) is 2.85. The van der Waals surface area contributed by atoms with Crippen LogP contribution in [0.25, 0.3) is 0 Å². The molecule has 0 saturated carbocycles. The van der Waals surface area contributed by atoms with Crippen molar-refractivity contribution in [1.82, 2.24) is 0 Å². The van der Waals surface area contributed by atoms with Gasteiger partial charge in [0.05, 0.1) is 30.5 Å². The van der Waals surface area contributed by atoms with Crippen LogP contribution in [0, 0.1) is 11.3 Å². The number of alkyl halides is 3. The van der Waals surface area contributed by atoms with Crippen molar-refractivity contribution >= 4 is 28.9 Å². The highest BCUT2D eigenvalue weighted by molar-refractivity contribution is 6.31. The number of hydrogen-bond acceptors (Lipinski definition) is 5. The van der Waals surface area contributed by atoms with Gasteiger partial charge in [0.1, 0.15) is 23.1 Å². The molecule has 2 N–H and O–H groups in total. The fourth-order valence-electron chi connectivity index (χ4n) is 2.24. The number of rotatable bonds is 6. The molecular formula is C19H15ClF3N3O3. The van der Waals surface area contributed by atoms with Gasteiger partial charge >= 0.3 is 6.18 Å². The Morgan fingerprint density at radius 3 is 2.48 bits per heavy atom. The summed E-state index contributed by atoms with van der Waals surface area (Å²) in [5.41, 5.74) is -1.16. The van der Waals surface area contributed by atoms with Crippen LogP contribution < -0.4 is 20.1 Å². The second kappa shape index (κ2) is 9.21. The molecule has 1 amide bonds. The van der Waals surface area contributed by atoms with Crippen LogP contribution >= 0.6 is 11.6 Å². The summed E-state index contributed by atoms with van der Waals surface area (Å²) in [4.78, 5) is 12.4. The van der Waals surface area contributed by atoms with Crippen molar-refractivity contribution in [2.24, 2.45) is 0 Å². The fraction of sp³-hybridized carbons (Fsp3) is 0.158. The van der Waals surface area contributed by atoms with Crippen LogP contribution in [0.15, 0.2) is 48.2 Å². The number of benzene rings is 2. The molecule has 0 saturated heterocycles. The summed E-state index contributed by atoms with van der Waals surface area (Å²) >= 11 is 5.56. The molecule has 0 aliphatic rings. The largest absolute Gasteiger partial charge is 0.497 e. The lowest BCUT2D eigenvalue weighted by Crippen LogP contribution is -2.15. The number of nitrogens with one attached hydrogen (secondary N) is 2. The van der Waals surface area contributed by atoms with E-state index in [9.17, 15) is 23.2 Å². The minimum absolute atomic E-state index is 0.00114. The van der Waals surface area contributed by atoms with Crippen molar-refractivity contribution in [2.45, 2.75) is 6.18 Å². The van der Waals surface area contributed by atoms with Crippen LogP contribution in [0.5, 0.6) is 11.5 Å². The number of carbonyl (C=O) groups excluding carboxylic acids is 1. The molecule has 0 fully saturated rings. The van der Waals surface area contributed by atoms with E-state index in [1.807, 2.05) is 0 Å². The molecule has 0 spiro atoms. The van der Waals surface area contributed by atoms with E-state index in [4.69, 9.17) is 21.1 Å². The summed E-state index contributed by atoms with van der Waals surface area (Å²) < 4.78 is 49.0. The van der Waals surface area contributed by atoms with Crippen molar-refractivity contribution in [3.05, 3.63) is 58.8 Å². The van der Waals surface area contributed by atoms with Gasteiger partial charge in [-0.2, -0.15) is 18.4 Å². The predicted molar refractivity (Wildman–Crippen MR) is 102 cm³/mol. The Morgan fingerprint density at radius 2 is 1.90 bits per heavy atom. The van der Waals surface area contributed by atoms with Crippen LogP contribution in [-0.4, -0.2) is 20.1 Å². The zero-order valence-corrected chi connectivity index (χ0v) is 16.0. The maximum absolute atomic E-state index is 12.9. The monoisotopic (exact) mass is 425 g/mol. The lowest BCUT2D eigenvalue weighted by molar-refractivity contribution is -0.137. The molecule has 152 valence electrons. The van der Waals surface area contributed by atoms with E-state index < -0.39 is 22.7 Å². The third kappa shape index (κ3) is 5.56. The smallest absolute Gasteiger partial charge is 0.417 e. The number of ether oxygens (including phenoxy) is 2. The lowest BCUT2D eigenvalue weighted by Gasteiger charge is -2.12. The van der Waals surface area contributed by atoms with Gasteiger partial charge in [0.25, 0.3) is 5.91 Å². The van der Waals surface area contributed by atoms with Gasteiger partial charge in [-0.15, -0.1) is 0 Å². The molecule has 29 heavy (non-hydrogen) atoms. The van der Waals surface area contributed by atoms with Crippen LogP contribution in [0.2, 0.25) is 5.02 Å². The SMILES string of the molecule is COc1ccc(OC)c(NC(=O)/C(C#N)=C\Nc2ccc(Cl)c(C(F)(F)F)c2)c1. The van der Waals surface area contributed by atoms with Gasteiger partial charge in [-0.3, -0.25) is 4.79 Å². The number of methoxy groups -OCH3 is 2. The molecule has 0 radical (unpaired) electrons. The number of hydrogen-bond donors (Lipinski definition) is 2. The van der Waals surface area contributed by atoms with E-state index in [0.29, 0.717) is 11.5 Å². The van der Waals surface area contributed by atoms with Crippen LogP contribution in [0.1, 0.15) is 5.56 Å². The summed E-state index contributed by atoms with van der Waals surface area (Å²) in [6.07, 6.45) is -3.65. The van der Waals surface area contributed by atoms with Gasteiger partial charge in [0.2, 0.25) is 0 Å². The number of anilines is 2. The van der Waals surface area contributed by atoms with Crippen molar-refractivity contribution in [1.29, 1.82) is 5.26 Å². The molecule has 0 atom stereocenters. The van der Waals surface area contributed by atoms with Gasteiger partial charge in [-0.25, -0.2) is 0 Å². The number of halogens is 4. The molecule has 2 aromatic carbocycles. The molecule has 10 heteroatoms. The number of nitrogens with zero attached hydrogens (tertiary/aromatic N) is 1. The van der Waals surface area contributed by atoms with Gasteiger partial charge in [0.15, 0.2) is 0 Å². The van der Waals surface area contributed by atoms with E-state index >= 15 is 0 Å². The molecule has 0 unspecified atom stereocenters. The first-order chi connectivity index (χ1) is 13.7. The van der Waals surface area contributed by atoms with Crippen LogP contribution in [0.3, 0.4) is 0 Å². The van der Waals surface area contributed by atoms with E-state index in [1.54, 1.807) is 18.2 Å². The zero-order chi connectivity index (χ0) is 21.6. The maximum Gasteiger partial charge on any atom is 0.417 e. The van der Waals surface area contributed by atoms with E-state index in [1.165, 1.54) is 26.4 Å². The van der Waals surface area contributed by atoms with Gasteiger partial charge in [0, 0.05) is 18.0 Å². The number of carbonyl (C=O) groups is 1. The second-order valence-electron chi connectivity index (χ2n) is 5.53. The standard InChI is InChI=1S/C19H15ClF3N3O3/c1-28-13-4-6-17(29-2)16(8-13)26-18(27)11(9-24)10-25-12-3-5-15(20)14(7-12)19(21,22)23/h3-8,10,25H,1-2H3,(H,26,27)/b11-10-. The van der Waals surface area contributed by atoms with Crippen molar-refractivity contribution in [3.63, 3.8) is 0 Å². The Balaban J connectivity index is 2.23. The number of amides is 1. The average molecular weight is 426 g/mol. The summed E-state index contributed by atoms with van der Waals surface area (Å²) in [5, 5.41) is 13.8. The van der Waals surface area contributed by atoms with Crippen LogP contribution in [0.4, 0.5) is 24.5 Å². The zero-order valence-electron chi connectivity index (χ0n) is 15.2. The van der Waals surface area contributed by atoms with E-state index in [-0.39, 0.29) is 16.9 Å². The van der Waals surface area contributed by atoms with Crippen molar-refractivity contribution in [2.75, 3.05) is 24.9 Å². The Kier molecular flexibility index (Phi) is 6.96. The summed E-state index contributed by atoms with van der Waals surface area (Å²) in [6, 6.07) is 9.48. The first-order valence-electron chi connectivity index (χ1n) is 7.96. The second-order valence-corrected chi connectivity index (χ2v) is 5.93. The maximum atomic E-state index is 12.9. The molecule has 0 aliphatic heterocycles. The normalized spacial score (nSPS) is 11.4. The Labute approximate surface area is 169 Å². The molecule has 0 aliphatic carbocycles. The summed E-state index contributed by atoms with van der Waals surface area (Å²) in [5.74, 6) is -0.0176. The third-order valence-electron chi connectivity index (χ3n) is 3.67. The Bertz CT molecular complexity index is 985. The Hall–Kier alpha value is -3.38. The first-order valence-corrected chi connectivity index (χ1v) is 8.34. The van der Waals surface area contributed by atoms with Crippen LogP contribution in [-0.2, 0) is 11.0 Å². The predicted octanol–water partition coefficient (Wildman–Crippen LogP) is 4.83. The lowest BCUT2D eigenvalue weighted by atomic mass is 10.2. The average Bonchev–Trinajstić information content (AvgIpc) is 2.68. The molecule has 2 aromatic rings. The minimum atomic E-state index is -4.64. The highest BCUT2D eigenvalue weighted by atomic mass is 35.5.